The van der Waals surface area contributed by atoms with E-state index in [9.17, 15) is 4.79 Å². The van der Waals surface area contributed by atoms with Gasteiger partial charge in [-0.1, -0.05) is 6.58 Å². The first-order chi connectivity index (χ1) is 5.15. The van der Waals surface area contributed by atoms with Crippen molar-refractivity contribution in [3.8, 4) is 5.88 Å². The van der Waals surface area contributed by atoms with E-state index in [4.69, 9.17) is 5.11 Å². The molecule has 0 aliphatic carbocycles. The standard InChI is InChI=1S/C7H7NO3/c1-3-5-8-6(9)4(2)7(10)11-5/h3,9H,1H2,2H3. The van der Waals surface area contributed by atoms with Crippen LogP contribution in [-0.2, 0) is 0 Å². The molecule has 0 radical (unpaired) electrons. The average molecular weight is 153 g/mol. The summed E-state index contributed by atoms with van der Waals surface area (Å²) >= 11 is 0. The lowest BCUT2D eigenvalue weighted by Gasteiger charge is -1.94. The van der Waals surface area contributed by atoms with Gasteiger partial charge in [-0.25, -0.2) is 4.79 Å². The highest BCUT2D eigenvalue weighted by molar-refractivity contribution is 5.35. The lowest BCUT2D eigenvalue weighted by Crippen LogP contribution is -2.05. The lowest BCUT2D eigenvalue weighted by molar-refractivity contribution is 0.402. The minimum absolute atomic E-state index is 0.0260. The molecule has 0 bridgehead atoms. The number of nitrogens with zero attached hydrogens (tertiary/aromatic N) is 1. The van der Waals surface area contributed by atoms with Gasteiger partial charge in [0.2, 0.25) is 11.8 Å². The molecule has 0 unspecified atom stereocenters. The Morgan fingerprint density at radius 3 is 2.82 bits per heavy atom. The monoisotopic (exact) mass is 153 g/mol. The molecule has 0 aromatic carbocycles. The van der Waals surface area contributed by atoms with Crippen molar-refractivity contribution in [2.75, 3.05) is 0 Å². The summed E-state index contributed by atoms with van der Waals surface area (Å²) in [6.45, 7) is 4.77. The minimum atomic E-state index is -0.590. The fraction of sp³-hybridized carbons (Fsp3) is 0.143. The third-order valence-corrected chi connectivity index (χ3v) is 1.23. The van der Waals surface area contributed by atoms with Gasteiger partial charge in [0.15, 0.2) is 0 Å². The third-order valence-electron chi connectivity index (χ3n) is 1.23. The van der Waals surface area contributed by atoms with Crippen LogP contribution in [0.4, 0.5) is 0 Å². The van der Waals surface area contributed by atoms with Gasteiger partial charge in [-0.05, 0) is 13.0 Å². The minimum Gasteiger partial charge on any atom is -0.493 e. The van der Waals surface area contributed by atoms with E-state index in [0.29, 0.717) is 0 Å². The van der Waals surface area contributed by atoms with Crippen LogP contribution in [0.3, 0.4) is 0 Å². The number of hydrogen-bond donors (Lipinski definition) is 1. The predicted octanol–water partition coefficient (Wildman–Crippen LogP) is 0.692. The van der Waals surface area contributed by atoms with E-state index in [2.05, 4.69) is 16.0 Å². The normalized spacial score (nSPS) is 9.55. The Hall–Kier alpha value is -1.58. The van der Waals surface area contributed by atoms with Crippen molar-refractivity contribution in [1.29, 1.82) is 0 Å². The predicted molar refractivity (Wildman–Crippen MR) is 39.3 cm³/mol. The molecule has 1 aromatic heterocycles. The molecule has 1 N–H and O–H groups in total. The van der Waals surface area contributed by atoms with Crippen LogP contribution in [0.5, 0.6) is 5.88 Å². The molecule has 0 saturated carbocycles. The summed E-state index contributed by atoms with van der Waals surface area (Å²) in [6.07, 6.45) is 1.25. The second-order valence-electron chi connectivity index (χ2n) is 1.99. The summed E-state index contributed by atoms with van der Waals surface area (Å²) in [7, 11) is 0. The molecule has 11 heavy (non-hydrogen) atoms. The van der Waals surface area contributed by atoms with Gasteiger partial charge in [0.25, 0.3) is 0 Å². The van der Waals surface area contributed by atoms with Crippen LogP contribution < -0.4 is 5.63 Å². The Morgan fingerprint density at radius 2 is 2.36 bits per heavy atom. The van der Waals surface area contributed by atoms with E-state index in [1.54, 1.807) is 0 Å². The van der Waals surface area contributed by atoms with Gasteiger partial charge in [-0.15, -0.1) is 0 Å². The molecule has 4 nitrogen and oxygen atoms in total. The summed E-state index contributed by atoms with van der Waals surface area (Å²) in [5.74, 6) is -0.283. The average Bonchev–Trinajstić information content (AvgIpc) is 1.99. The van der Waals surface area contributed by atoms with Crippen LogP contribution in [0, 0.1) is 6.92 Å². The van der Waals surface area contributed by atoms with E-state index < -0.39 is 5.63 Å². The van der Waals surface area contributed by atoms with Gasteiger partial charge in [0.05, 0.1) is 5.56 Å². The van der Waals surface area contributed by atoms with E-state index >= 15 is 0 Å². The van der Waals surface area contributed by atoms with Gasteiger partial charge >= 0.3 is 5.63 Å². The molecule has 0 aliphatic rings. The maximum absolute atomic E-state index is 10.8. The van der Waals surface area contributed by atoms with Gasteiger partial charge in [0.1, 0.15) is 0 Å². The van der Waals surface area contributed by atoms with Crippen LogP contribution in [0.25, 0.3) is 6.08 Å². The Kier molecular flexibility index (Phi) is 1.76. The second-order valence-corrected chi connectivity index (χ2v) is 1.99. The maximum Gasteiger partial charge on any atom is 0.345 e. The molecule has 0 aliphatic heterocycles. The number of aromatic hydroxyl groups is 1. The van der Waals surface area contributed by atoms with E-state index in [-0.39, 0.29) is 17.3 Å². The van der Waals surface area contributed by atoms with Crippen LogP contribution in [0.15, 0.2) is 15.8 Å². The van der Waals surface area contributed by atoms with Crippen molar-refractivity contribution in [1.82, 2.24) is 4.98 Å². The first-order valence-electron chi connectivity index (χ1n) is 2.98. The van der Waals surface area contributed by atoms with Crippen LogP contribution >= 0.6 is 0 Å². The Morgan fingerprint density at radius 1 is 1.73 bits per heavy atom. The summed E-state index contributed by atoms with van der Waals surface area (Å²) in [6, 6.07) is 0. The van der Waals surface area contributed by atoms with Crippen LogP contribution in [-0.4, -0.2) is 10.1 Å². The quantitative estimate of drug-likeness (QED) is 0.644. The zero-order valence-electron chi connectivity index (χ0n) is 6.00. The Balaban J connectivity index is 3.44. The zero-order chi connectivity index (χ0) is 8.43. The highest BCUT2D eigenvalue weighted by Gasteiger charge is 2.04. The second kappa shape index (κ2) is 2.57. The van der Waals surface area contributed by atoms with Gasteiger partial charge in [0, 0.05) is 0 Å². The largest absolute Gasteiger partial charge is 0.493 e. The Bertz CT molecular complexity index is 340. The molecule has 0 spiro atoms. The summed E-state index contributed by atoms with van der Waals surface area (Å²) in [5, 5.41) is 8.99. The van der Waals surface area contributed by atoms with Gasteiger partial charge in [-0.3, -0.25) is 0 Å². The topological polar surface area (TPSA) is 63.3 Å². The molecule has 1 heterocycles. The first-order valence-corrected chi connectivity index (χ1v) is 2.98. The molecular formula is C7H7NO3. The van der Waals surface area contributed by atoms with Crippen molar-refractivity contribution in [3.63, 3.8) is 0 Å². The van der Waals surface area contributed by atoms with Crippen LogP contribution in [0.2, 0.25) is 0 Å². The fourth-order valence-corrected chi connectivity index (χ4v) is 0.561. The van der Waals surface area contributed by atoms with Crippen molar-refractivity contribution in [3.05, 3.63) is 28.5 Å². The van der Waals surface area contributed by atoms with Gasteiger partial charge in [-0.2, -0.15) is 4.98 Å². The number of aromatic nitrogens is 1. The molecule has 0 atom stereocenters. The number of rotatable bonds is 1. The summed E-state index contributed by atoms with van der Waals surface area (Å²) in [4.78, 5) is 14.3. The van der Waals surface area contributed by atoms with Crippen LogP contribution in [0.1, 0.15) is 11.5 Å². The molecule has 58 valence electrons. The lowest BCUT2D eigenvalue weighted by atomic mass is 10.4. The van der Waals surface area contributed by atoms with Crippen molar-refractivity contribution in [2.24, 2.45) is 0 Å². The molecule has 0 amide bonds. The SMILES string of the molecule is C=Cc1nc(O)c(C)c(=O)o1. The fourth-order valence-electron chi connectivity index (χ4n) is 0.561. The highest BCUT2D eigenvalue weighted by Crippen LogP contribution is 2.07. The van der Waals surface area contributed by atoms with E-state index in [1.165, 1.54) is 13.0 Å². The molecule has 4 heteroatoms. The molecule has 0 fully saturated rings. The van der Waals surface area contributed by atoms with Crippen molar-refractivity contribution in [2.45, 2.75) is 6.92 Å². The van der Waals surface area contributed by atoms with Gasteiger partial charge < -0.3 is 9.52 Å². The summed E-state index contributed by atoms with van der Waals surface area (Å²) in [5.41, 5.74) is -0.483. The molecule has 1 aromatic rings. The molecular weight excluding hydrogens is 146 g/mol. The van der Waals surface area contributed by atoms with E-state index in [1.807, 2.05) is 0 Å². The van der Waals surface area contributed by atoms with E-state index in [0.717, 1.165) is 0 Å². The van der Waals surface area contributed by atoms with Crippen molar-refractivity contribution >= 4 is 6.08 Å². The maximum atomic E-state index is 10.8. The molecule has 0 saturated heterocycles. The Labute approximate surface area is 62.8 Å². The number of hydrogen-bond acceptors (Lipinski definition) is 4. The smallest absolute Gasteiger partial charge is 0.345 e. The zero-order valence-corrected chi connectivity index (χ0v) is 6.00. The van der Waals surface area contributed by atoms with Crippen molar-refractivity contribution < 1.29 is 9.52 Å². The molecule has 1 rings (SSSR count). The summed E-state index contributed by atoms with van der Waals surface area (Å²) < 4.78 is 4.59. The first kappa shape index (κ1) is 7.53. The highest BCUT2D eigenvalue weighted by atomic mass is 16.4. The third kappa shape index (κ3) is 1.29.